The third-order valence-corrected chi connectivity index (χ3v) is 4.48. The van der Waals surface area contributed by atoms with Crippen LogP contribution in [0.25, 0.3) is 0 Å². The molecule has 21 heavy (non-hydrogen) atoms. The Hall–Kier alpha value is -0.740. The molecule has 0 amide bonds. The van der Waals surface area contributed by atoms with Gasteiger partial charge in [0.15, 0.2) is 0 Å². The fourth-order valence-corrected chi connectivity index (χ4v) is 2.93. The van der Waals surface area contributed by atoms with Crippen LogP contribution in [0.5, 0.6) is 0 Å². The van der Waals surface area contributed by atoms with Gasteiger partial charge >= 0.3 is 0 Å². The smallest absolute Gasteiger partial charge is 0.115 e. The molecule has 0 aliphatic heterocycles. The standard InChI is InChI=1S/C20H34O/c1-3-5-9-13-18-17-19(18)14-11-7-8-12-16-20(21)15-10-6-4-2/h7-8,18-21H,3-6,9-11,13-15,17H2,1-2H3/b8-7-/t18-,19+,20?/m1/s1. The van der Waals surface area contributed by atoms with E-state index in [2.05, 4.69) is 31.8 Å². The maximum atomic E-state index is 9.66. The zero-order valence-electron chi connectivity index (χ0n) is 14.1. The molecule has 1 nitrogen and oxygen atoms in total. The average Bonchev–Trinajstić information content (AvgIpc) is 3.22. The predicted octanol–water partition coefficient (Wildman–Crippen LogP) is 5.48. The minimum atomic E-state index is -0.437. The maximum Gasteiger partial charge on any atom is 0.115 e. The van der Waals surface area contributed by atoms with Gasteiger partial charge in [-0.2, -0.15) is 0 Å². The van der Waals surface area contributed by atoms with Gasteiger partial charge in [0.2, 0.25) is 0 Å². The van der Waals surface area contributed by atoms with Crippen LogP contribution in [0, 0.1) is 23.7 Å². The summed E-state index contributed by atoms with van der Waals surface area (Å²) in [6.45, 7) is 4.45. The van der Waals surface area contributed by atoms with Crippen LogP contribution in [-0.2, 0) is 0 Å². The van der Waals surface area contributed by atoms with Gasteiger partial charge in [-0.15, -0.1) is 0 Å². The topological polar surface area (TPSA) is 20.2 Å². The van der Waals surface area contributed by atoms with E-state index in [4.69, 9.17) is 0 Å². The van der Waals surface area contributed by atoms with Crippen molar-refractivity contribution in [3.05, 3.63) is 12.2 Å². The van der Waals surface area contributed by atoms with Crippen molar-refractivity contribution in [2.75, 3.05) is 0 Å². The van der Waals surface area contributed by atoms with Gasteiger partial charge in [-0.1, -0.05) is 70.3 Å². The first kappa shape index (κ1) is 18.3. The first-order chi connectivity index (χ1) is 10.3. The molecule has 1 unspecified atom stereocenters. The summed E-state index contributed by atoms with van der Waals surface area (Å²) < 4.78 is 0. The summed E-state index contributed by atoms with van der Waals surface area (Å²) in [6, 6.07) is 0. The monoisotopic (exact) mass is 290 g/mol. The van der Waals surface area contributed by atoms with E-state index in [0.717, 1.165) is 31.1 Å². The lowest BCUT2D eigenvalue weighted by atomic mass is 10.1. The van der Waals surface area contributed by atoms with Crippen LogP contribution in [0.15, 0.2) is 12.2 Å². The highest BCUT2D eigenvalue weighted by Gasteiger charge is 2.34. The zero-order chi connectivity index (χ0) is 15.3. The highest BCUT2D eigenvalue weighted by molar-refractivity contribution is 5.17. The average molecular weight is 290 g/mol. The van der Waals surface area contributed by atoms with Crippen LogP contribution in [0.3, 0.4) is 0 Å². The largest absolute Gasteiger partial charge is 0.380 e. The molecule has 0 bridgehead atoms. The van der Waals surface area contributed by atoms with Crippen LogP contribution in [0.1, 0.15) is 84.5 Å². The number of aliphatic hydroxyl groups excluding tert-OH is 1. The molecule has 1 fully saturated rings. The minimum Gasteiger partial charge on any atom is -0.380 e. The zero-order valence-corrected chi connectivity index (χ0v) is 14.1. The Morgan fingerprint density at radius 1 is 1.05 bits per heavy atom. The summed E-state index contributed by atoms with van der Waals surface area (Å²) in [4.78, 5) is 0. The summed E-state index contributed by atoms with van der Waals surface area (Å²) >= 11 is 0. The highest BCUT2D eigenvalue weighted by atomic mass is 16.3. The van der Waals surface area contributed by atoms with Gasteiger partial charge in [0.05, 0.1) is 0 Å². The predicted molar refractivity (Wildman–Crippen MR) is 92.0 cm³/mol. The lowest BCUT2D eigenvalue weighted by Gasteiger charge is -2.00. The second-order valence-corrected chi connectivity index (χ2v) is 6.53. The van der Waals surface area contributed by atoms with Gasteiger partial charge in [0.25, 0.3) is 0 Å². The first-order valence-corrected chi connectivity index (χ1v) is 9.12. The molecule has 0 heterocycles. The van der Waals surface area contributed by atoms with Crippen molar-refractivity contribution in [2.24, 2.45) is 11.8 Å². The van der Waals surface area contributed by atoms with E-state index in [0.29, 0.717) is 0 Å². The van der Waals surface area contributed by atoms with Gasteiger partial charge in [-0.05, 0) is 50.0 Å². The maximum absolute atomic E-state index is 9.66. The third-order valence-electron chi connectivity index (χ3n) is 4.48. The SMILES string of the molecule is CCCCCC(O)C#C/C=C\CC[C@H]1C[C@H]1CCCCC. The number of allylic oxidation sites excluding steroid dienone is 2. The highest BCUT2D eigenvalue weighted by Crippen LogP contribution is 2.45. The molecule has 0 aromatic rings. The van der Waals surface area contributed by atoms with Crippen molar-refractivity contribution >= 4 is 0 Å². The van der Waals surface area contributed by atoms with Crippen molar-refractivity contribution in [1.29, 1.82) is 0 Å². The quantitative estimate of drug-likeness (QED) is 0.394. The minimum absolute atomic E-state index is 0.437. The molecular formula is C20H34O. The van der Waals surface area contributed by atoms with Gasteiger partial charge in [-0.25, -0.2) is 0 Å². The van der Waals surface area contributed by atoms with E-state index in [1.807, 2.05) is 6.08 Å². The Kier molecular flexibility index (Phi) is 10.3. The second-order valence-electron chi connectivity index (χ2n) is 6.53. The number of hydrogen-bond acceptors (Lipinski definition) is 1. The fraction of sp³-hybridized carbons (Fsp3) is 0.800. The number of unbranched alkanes of at least 4 members (excludes halogenated alkanes) is 4. The van der Waals surface area contributed by atoms with Crippen LogP contribution >= 0.6 is 0 Å². The lowest BCUT2D eigenvalue weighted by molar-refractivity contribution is 0.217. The molecule has 1 rings (SSSR count). The number of rotatable bonds is 11. The van der Waals surface area contributed by atoms with Crippen molar-refractivity contribution < 1.29 is 5.11 Å². The molecular weight excluding hydrogens is 256 g/mol. The molecule has 0 spiro atoms. The van der Waals surface area contributed by atoms with Crippen LogP contribution in [0.2, 0.25) is 0 Å². The summed E-state index contributed by atoms with van der Waals surface area (Å²) in [5.74, 6) is 7.90. The summed E-state index contributed by atoms with van der Waals surface area (Å²) in [5, 5.41) is 9.66. The van der Waals surface area contributed by atoms with Crippen LogP contribution in [0.4, 0.5) is 0 Å². The van der Waals surface area contributed by atoms with E-state index in [1.54, 1.807) is 0 Å². The van der Waals surface area contributed by atoms with Crippen LogP contribution in [-0.4, -0.2) is 11.2 Å². The van der Waals surface area contributed by atoms with E-state index in [9.17, 15) is 5.11 Å². The van der Waals surface area contributed by atoms with Crippen molar-refractivity contribution in [1.82, 2.24) is 0 Å². The summed E-state index contributed by atoms with van der Waals surface area (Å²) in [5.41, 5.74) is 0. The molecule has 0 aromatic carbocycles. The van der Waals surface area contributed by atoms with Crippen molar-refractivity contribution in [3.8, 4) is 11.8 Å². The molecule has 1 aliphatic carbocycles. The van der Waals surface area contributed by atoms with Gasteiger partial charge in [0, 0.05) is 0 Å². The third kappa shape index (κ3) is 9.75. The van der Waals surface area contributed by atoms with Crippen molar-refractivity contribution in [2.45, 2.75) is 90.6 Å². The molecule has 120 valence electrons. The Labute approximate surface area is 132 Å². The van der Waals surface area contributed by atoms with E-state index in [1.165, 1.54) is 51.4 Å². The van der Waals surface area contributed by atoms with Crippen molar-refractivity contribution in [3.63, 3.8) is 0 Å². The number of aliphatic hydroxyl groups is 1. The molecule has 1 saturated carbocycles. The van der Waals surface area contributed by atoms with Gasteiger partial charge in [0.1, 0.15) is 6.10 Å². The summed E-state index contributed by atoms with van der Waals surface area (Å²) in [6.07, 6.45) is 17.5. The Balaban J connectivity index is 1.98. The Bertz CT molecular complexity index is 333. The van der Waals surface area contributed by atoms with E-state index >= 15 is 0 Å². The first-order valence-electron chi connectivity index (χ1n) is 9.12. The molecule has 0 radical (unpaired) electrons. The van der Waals surface area contributed by atoms with Gasteiger partial charge < -0.3 is 5.11 Å². The normalized spacial score (nSPS) is 22.0. The van der Waals surface area contributed by atoms with Crippen LogP contribution < -0.4 is 0 Å². The second kappa shape index (κ2) is 11.9. The van der Waals surface area contributed by atoms with Gasteiger partial charge in [-0.3, -0.25) is 0 Å². The molecule has 1 N–H and O–H groups in total. The molecule has 1 heteroatoms. The summed E-state index contributed by atoms with van der Waals surface area (Å²) in [7, 11) is 0. The Morgan fingerprint density at radius 3 is 2.52 bits per heavy atom. The fourth-order valence-electron chi connectivity index (χ4n) is 2.93. The molecule has 3 atom stereocenters. The Morgan fingerprint density at radius 2 is 1.76 bits per heavy atom. The number of hydrogen-bond donors (Lipinski definition) is 1. The molecule has 1 aliphatic rings. The lowest BCUT2D eigenvalue weighted by Crippen LogP contribution is -2.01. The molecule has 0 saturated heterocycles. The van der Waals surface area contributed by atoms with E-state index < -0.39 is 6.10 Å². The molecule has 0 aromatic heterocycles. The van der Waals surface area contributed by atoms with E-state index in [-0.39, 0.29) is 0 Å².